The van der Waals surface area contributed by atoms with Crippen LogP contribution >= 0.6 is 0 Å². The lowest BCUT2D eigenvalue weighted by Gasteiger charge is -2.32. The van der Waals surface area contributed by atoms with Gasteiger partial charge in [0.05, 0.1) is 30.9 Å². The molecule has 2 aliphatic carbocycles. The van der Waals surface area contributed by atoms with Crippen molar-refractivity contribution in [3.63, 3.8) is 0 Å². The number of ether oxygens (including phenoxy) is 3. The first-order valence-electron chi connectivity index (χ1n) is 15.3. The smallest absolute Gasteiger partial charge is 0.410 e. The van der Waals surface area contributed by atoms with Crippen LogP contribution in [-0.2, 0) is 19.7 Å². The Kier molecular flexibility index (Phi) is 9.34. The summed E-state index contributed by atoms with van der Waals surface area (Å²) in [6.07, 6.45) is 7.37. The quantitative estimate of drug-likeness (QED) is 0.430. The molecule has 10 nitrogen and oxygen atoms in total. The molecule has 2 saturated heterocycles. The van der Waals surface area contributed by atoms with Gasteiger partial charge in [0.1, 0.15) is 17.2 Å². The number of benzene rings is 1. The predicted molar refractivity (Wildman–Crippen MR) is 154 cm³/mol. The van der Waals surface area contributed by atoms with E-state index >= 15 is 4.39 Å². The molecule has 2 heterocycles. The molecular formula is C30H44FN3O7S. The third-order valence-corrected chi connectivity index (χ3v) is 9.94. The zero-order valence-corrected chi connectivity index (χ0v) is 25.7. The van der Waals surface area contributed by atoms with Crippen LogP contribution in [0.5, 0.6) is 5.75 Å². The highest BCUT2D eigenvalue weighted by Gasteiger charge is 2.36. The number of nitrogens with one attached hydrogen (secondary N) is 1. The van der Waals surface area contributed by atoms with Crippen LogP contribution in [0.2, 0.25) is 0 Å². The van der Waals surface area contributed by atoms with E-state index in [4.69, 9.17) is 14.2 Å². The number of rotatable bonds is 9. The molecule has 1 N–H and O–H groups in total. The van der Waals surface area contributed by atoms with Gasteiger partial charge < -0.3 is 19.1 Å². The summed E-state index contributed by atoms with van der Waals surface area (Å²) < 4.78 is 62.1. The van der Waals surface area contributed by atoms with Gasteiger partial charge in [0, 0.05) is 25.7 Å². The molecule has 2 amide bonds. The second-order valence-corrected chi connectivity index (χ2v) is 14.8. The van der Waals surface area contributed by atoms with Crippen molar-refractivity contribution in [3.05, 3.63) is 29.1 Å². The van der Waals surface area contributed by atoms with Crippen LogP contribution in [-0.4, -0.2) is 80.2 Å². The first-order valence-corrected chi connectivity index (χ1v) is 16.7. The van der Waals surface area contributed by atoms with Gasteiger partial charge in [-0.2, -0.15) is 12.7 Å². The number of hydrogen-bond donors (Lipinski definition) is 1. The Labute approximate surface area is 248 Å². The largest absolute Gasteiger partial charge is 0.493 e. The molecule has 0 bridgehead atoms. The Morgan fingerprint density at radius 2 is 1.64 bits per heavy atom. The van der Waals surface area contributed by atoms with Crippen LogP contribution in [0.4, 0.5) is 9.18 Å². The monoisotopic (exact) mass is 609 g/mol. The highest BCUT2D eigenvalue weighted by atomic mass is 32.2. The minimum Gasteiger partial charge on any atom is -0.493 e. The van der Waals surface area contributed by atoms with Crippen molar-refractivity contribution in [2.75, 3.05) is 32.8 Å². The normalized spacial score (nSPS) is 22.9. The second-order valence-electron chi connectivity index (χ2n) is 13.1. The number of halogens is 1. The maximum Gasteiger partial charge on any atom is 0.410 e. The Balaban J connectivity index is 1.13. The average molecular weight is 610 g/mol. The van der Waals surface area contributed by atoms with Crippen LogP contribution in [0.15, 0.2) is 12.1 Å². The lowest BCUT2D eigenvalue weighted by molar-refractivity contribution is -0.0307. The highest BCUT2D eigenvalue weighted by Crippen LogP contribution is 2.45. The first-order chi connectivity index (χ1) is 19.9. The highest BCUT2D eigenvalue weighted by molar-refractivity contribution is 7.87. The molecule has 4 fully saturated rings. The molecule has 0 unspecified atom stereocenters. The number of carbonyl (C=O) groups is 2. The van der Waals surface area contributed by atoms with E-state index in [1.807, 2.05) is 20.8 Å². The fourth-order valence-electron chi connectivity index (χ4n) is 6.02. The van der Waals surface area contributed by atoms with Gasteiger partial charge in [-0.05, 0) is 89.2 Å². The Morgan fingerprint density at radius 3 is 2.29 bits per heavy atom. The fraction of sp³-hybridized carbons (Fsp3) is 0.733. The van der Waals surface area contributed by atoms with Gasteiger partial charge in [0.15, 0.2) is 0 Å². The van der Waals surface area contributed by atoms with Gasteiger partial charge in [-0.15, -0.1) is 0 Å². The summed E-state index contributed by atoms with van der Waals surface area (Å²) >= 11 is 0. The predicted octanol–water partition coefficient (Wildman–Crippen LogP) is 4.74. The van der Waals surface area contributed by atoms with E-state index in [1.165, 1.54) is 29.3 Å². The van der Waals surface area contributed by atoms with Crippen molar-refractivity contribution in [1.82, 2.24) is 13.9 Å². The van der Waals surface area contributed by atoms with E-state index in [0.717, 1.165) is 31.2 Å². The molecule has 234 valence electrons. The minimum absolute atomic E-state index is 0.140. The van der Waals surface area contributed by atoms with Gasteiger partial charge in [-0.1, -0.05) is 12.8 Å². The second kappa shape index (κ2) is 12.7. The van der Waals surface area contributed by atoms with E-state index in [2.05, 4.69) is 4.72 Å². The summed E-state index contributed by atoms with van der Waals surface area (Å²) in [6, 6.07) is 2.70. The third kappa shape index (κ3) is 7.93. The summed E-state index contributed by atoms with van der Waals surface area (Å²) in [5.41, 5.74) is -0.0867. The van der Waals surface area contributed by atoms with Crippen LogP contribution in [0.25, 0.3) is 0 Å². The van der Waals surface area contributed by atoms with Gasteiger partial charge in [0.25, 0.3) is 5.91 Å². The summed E-state index contributed by atoms with van der Waals surface area (Å²) in [4.78, 5) is 27.0. The van der Waals surface area contributed by atoms with Crippen molar-refractivity contribution < 1.29 is 36.6 Å². The molecule has 2 saturated carbocycles. The van der Waals surface area contributed by atoms with Gasteiger partial charge in [-0.25, -0.2) is 13.9 Å². The maximum absolute atomic E-state index is 15.1. The van der Waals surface area contributed by atoms with Crippen molar-refractivity contribution in [3.8, 4) is 5.75 Å². The lowest BCUT2D eigenvalue weighted by Crippen LogP contribution is -2.48. The Hall–Kier alpha value is -2.44. The van der Waals surface area contributed by atoms with Gasteiger partial charge >= 0.3 is 16.3 Å². The van der Waals surface area contributed by atoms with E-state index in [9.17, 15) is 18.0 Å². The zero-order chi connectivity index (χ0) is 30.1. The number of nitrogens with zero attached hydrogens (tertiary/aromatic N) is 2. The molecule has 1 atom stereocenters. The molecule has 0 radical (unpaired) electrons. The molecule has 0 aromatic heterocycles. The molecule has 1 aromatic rings. The standard InChI is InChI=1S/C30H44FN3O7S/c1-30(2,3)41-29(36)33-13-10-23(18-33)40-22-11-14-34(15-12-22)42(37,38)32-28(35)25-16-24(21-8-9-21)27(17-26(25)31)39-19-20-6-4-5-7-20/h16-17,20-23H,4-15,18-19H2,1-3H3,(H,32,35)/t23-/m1/s1. The molecule has 42 heavy (non-hydrogen) atoms. The summed E-state index contributed by atoms with van der Waals surface area (Å²) in [7, 11) is -4.17. The topological polar surface area (TPSA) is 114 Å². The third-order valence-electron chi connectivity index (χ3n) is 8.45. The van der Waals surface area contributed by atoms with Crippen molar-refractivity contribution >= 4 is 22.2 Å². The van der Waals surface area contributed by atoms with Crippen molar-refractivity contribution in [2.45, 2.75) is 102 Å². The fourth-order valence-corrected chi connectivity index (χ4v) is 7.18. The van der Waals surface area contributed by atoms with E-state index < -0.39 is 27.5 Å². The van der Waals surface area contributed by atoms with Crippen LogP contribution in [0, 0.1) is 11.7 Å². The van der Waals surface area contributed by atoms with E-state index in [-0.39, 0.29) is 42.9 Å². The molecule has 12 heteroatoms. The lowest BCUT2D eigenvalue weighted by atomic mass is 10.0. The zero-order valence-electron chi connectivity index (χ0n) is 24.9. The molecule has 1 aromatic carbocycles. The maximum atomic E-state index is 15.1. The average Bonchev–Trinajstić information content (AvgIpc) is 3.41. The Morgan fingerprint density at radius 1 is 0.976 bits per heavy atom. The first kappa shape index (κ1) is 31.0. The molecule has 0 spiro atoms. The van der Waals surface area contributed by atoms with Gasteiger partial charge in [0.2, 0.25) is 0 Å². The van der Waals surface area contributed by atoms with Crippen LogP contribution < -0.4 is 9.46 Å². The number of amides is 2. The van der Waals surface area contributed by atoms with Crippen molar-refractivity contribution in [2.24, 2.45) is 5.92 Å². The SMILES string of the molecule is CC(C)(C)OC(=O)N1CC[C@@H](OC2CCN(S(=O)(=O)NC(=O)c3cc(C4CC4)c(OCC4CCCC4)cc3F)CC2)C1. The number of piperidine rings is 1. The number of hydrogen-bond acceptors (Lipinski definition) is 7. The summed E-state index contributed by atoms with van der Waals surface area (Å²) in [5.74, 6) is -0.656. The summed E-state index contributed by atoms with van der Waals surface area (Å²) in [5, 5.41) is 0. The molecule has 2 aliphatic heterocycles. The summed E-state index contributed by atoms with van der Waals surface area (Å²) in [6.45, 7) is 7.31. The van der Waals surface area contributed by atoms with Crippen molar-refractivity contribution in [1.29, 1.82) is 0 Å². The van der Waals surface area contributed by atoms with E-state index in [0.29, 0.717) is 50.6 Å². The number of carbonyl (C=O) groups excluding carboxylic acids is 2. The van der Waals surface area contributed by atoms with Gasteiger partial charge in [-0.3, -0.25) is 4.79 Å². The minimum atomic E-state index is -4.17. The molecule has 4 aliphatic rings. The molecule has 5 rings (SSSR count). The molecular weight excluding hydrogens is 565 g/mol. The Bertz CT molecular complexity index is 1250. The van der Waals surface area contributed by atoms with E-state index in [1.54, 1.807) is 4.90 Å². The van der Waals surface area contributed by atoms with Crippen LogP contribution in [0.1, 0.15) is 100 Å². The van der Waals surface area contributed by atoms with Crippen LogP contribution in [0.3, 0.4) is 0 Å². The number of likely N-dealkylation sites (tertiary alicyclic amines) is 1.